The first-order valence-corrected chi connectivity index (χ1v) is 8.74. The zero-order chi connectivity index (χ0) is 18.3. The molecule has 2 aromatic rings. The molecule has 26 heavy (non-hydrogen) atoms. The average molecular weight is 359 g/mol. The van der Waals surface area contributed by atoms with Gasteiger partial charge in [-0.15, -0.1) is 0 Å². The number of rotatable bonds is 4. The Bertz CT molecular complexity index is 861. The van der Waals surface area contributed by atoms with Crippen LogP contribution in [0.3, 0.4) is 0 Å². The van der Waals surface area contributed by atoms with Gasteiger partial charge in [0.25, 0.3) is 0 Å². The third-order valence-electron chi connectivity index (χ3n) is 4.82. The molecule has 7 heteroatoms. The Kier molecular flexibility index (Phi) is 4.42. The maximum Gasteiger partial charge on any atom is 0.343 e. The summed E-state index contributed by atoms with van der Waals surface area (Å²) in [6.45, 7) is 2.95. The number of carbonyl (C=O) groups excluding carboxylic acids is 2. The maximum atomic E-state index is 12.3. The second kappa shape index (κ2) is 6.74. The highest BCUT2D eigenvalue weighted by molar-refractivity contribution is 6.06. The number of hydrogen-bond acceptors (Lipinski definition) is 6. The molecule has 1 aromatic heterocycles. The Morgan fingerprint density at radius 2 is 2.04 bits per heavy atom. The van der Waals surface area contributed by atoms with Gasteiger partial charge in [0.1, 0.15) is 5.75 Å². The standard InChI is InChI=1S/C19H21NO6/c1-11-17(19(22)23-2)14-9-13(5-6-15(14)20(11)12-3-4-12)26-18(21)16-10-24-7-8-25-16/h5-6,9,12,16H,3-4,7-8,10H2,1-2H3/t16-/m0/s1. The third kappa shape index (κ3) is 2.97. The number of esters is 2. The minimum atomic E-state index is -0.725. The van der Waals surface area contributed by atoms with Gasteiger partial charge in [0.05, 0.1) is 32.5 Å². The van der Waals surface area contributed by atoms with Crippen LogP contribution < -0.4 is 4.74 Å². The van der Waals surface area contributed by atoms with Crippen molar-refractivity contribution in [2.75, 3.05) is 26.9 Å². The number of fused-ring (bicyclic) bond motifs is 1. The molecule has 0 unspecified atom stereocenters. The van der Waals surface area contributed by atoms with Crippen LogP contribution >= 0.6 is 0 Å². The van der Waals surface area contributed by atoms with E-state index in [1.807, 2.05) is 13.0 Å². The number of ether oxygens (including phenoxy) is 4. The summed E-state index contributed by atoms with van der Waals surface area (Å²) >= 11 is 0. The summed E-state index contributed by atoms with van der Waals surface area (Å²) in [5, 5.41) is 0.729. The maximum absolute atomic E-state index is 12.3. The van der Waals surface area contributed by atoms with Crippen molar-refractivity contribution in [2.24, 2.45) is 0 Å². The van der Waals surface area contributed by atoms with Gasteiger partial charge in [0.2, 0.25) is 0 Å². The smallest absolute Gasteiger partial charge is 0.343 e. The highest BCUT2D eigenvalue weighted by Gasteiger charge is 2.31. The van der Waals surface area contributed by atoms with Gasteiger partial charge in [-0.3, -0.25) is 0 Å². The van der Waals surface area contributed by atoms with E-state index in [-0.39, 0.29) is 12.6 Å². The Hall–Kier alpha value is -2.38. The highest BCUT2D eigenvalue weighted by atomic mass is 16.6. The second-order valence-corrected chi connectivity index (χ2v) is 6.59. The van der Waals surface area contributed by atoms with E-state index < -0.39 is 12.1 Å². The number of benzene rings is 1. The Balaban J connectivity index is 1.69. The summed E-state index contributed by atoms with van der Waals surface area (Å²) in [6, 6.07) is 5.75. The molecule has 4 rings (SSSR count). The molecule has 138 valence electrons. The van der Waals surface area contributed by atoms with E-state index in [2.05, 4.69) is 4.57 Å². The summed E-state index contributed by atoms with van der Waals surface area (Å²) in [5.41, 5.74) is 2.34. The van der Waals surface area contributed by atoms with Crippen molar-refractivity contribution in [1.29, 1.82) is 0 Å². The topological polar surface area (TPSA) is 76.0 Å². The molecule has 2 heterocycles. The molecule has 1 saturated heterocycles. The van der Waals surface area contributed by atoms with Crippen molar-refractivity contribution >= 4 is 22.8 Å². The first-order chi connectivity index (χ1) is 12.6. The fourth-order valence-corrected chi connectivity index (χ4v) is 3.45. The lowest BCUT2D eigenvalue weighted by Crippen LogP contribution is -2.38. The van der Waals surface area contributed by atoms with Crippen LogP contribution in [0.1, 0.15) is 34.9 Å². The monoisotopic (exact) mass is 359 g/mol. The molecule has 2 fully saturated rings. The van der Waals surface area contributed by atoms with Crippen LogP contribution in [0.4, 0.5) is 0 Å². The first-order valence-electron chi connectivity index (χ1n) is 8.74. The molecule has 0 N–H and O–H groups in total. The fraction of sp³-hybridized carbons (Fsp3) is 0.474. The van der Waals surface area contributed by atoms with Crippen LogP contribution in [0.15, 0.2) is 18.2 Å². The van der Waals surface area contributed by atoms with Crippen LogP contribution in [-0.4, -0.2) is 49.5 Å². The van der Waals surface area contributed by atoms with Gasteiger partial charge in [-0.2, -0.15) is 0 Å². The largest absolute Gasteiger partial charge is 0.465 e. The molecule has 7 nitrogen and oxygen atoms in total. The normalized spacial score (nSPS) is 20.2. The predicted octanol–water partition coefficient (Wildman–Crippen LogP) is 2.39. The van der Waals surface area contributed by atoms with Gasteiger partial charge in [0.15, 0.2) is 6.10 Å². The van der Waals surface area contributed by atoms with Crippen LogP contribution in [0.2, 0.25) is 0 Å². The molecule has 1 aliphatic heterocycles. The van der Waals surface area contributed by atoms with Gasteiger partial charge < -0.3 is 23.5 Å². The van der Waals surface area contributed by atoms with E-state index in [9.17, 15) is 9.59 Å². The molecule has 1 atom stereocenters. The predicted molar refractivity (Wildman–Crippen MR) is 92.5 cm³/mol. The van der Waals surface area contributed by atoms with Crippen molar-refractivity contribution in [3.63, 3.8) is 0 Å². The van der Waals surface area contributed by atoms with Crippen molar-refractivity contribution in [3.8, 4) is 5.75 Å². The number of aromatic nitrogens is 1. The number of carbonyl (C=O) groups is 2. The number of nitrogens with zero attached hydrogens (tertiary/aromatic N) is 1. The lowest BCUT2D eigenvalue weighted by Gasteiger charge is -2.21. The highest BCUT2D eigenvalue weighted by Crippen LogP contribution is 2.42. The van der Waals surface area contributed by atoms with Crippen LogP contribution in [0.25, 0.3) is 10.9 Å². The molecule has 2 aliphatic rings. The van der Waals surface area contributed by atoms with Crippen LogP contribution in [0.5, 0.6) is 5.75 Å². The van der Waals surface area contributed by atoms with Crippen LogP contribution in [0, 0.1) is 6.92 Å². The van der Waals surface area contributed by atoms with Gasteiger partial charge >= 0.3 is 11.9 Å². The lowest BCUT2D eigenvalue weighted by molar-refractivity contribution is -0.161. The fourth-order valence-electron chi connectivity index (χ4n) is 3.45. The molecule has 1 aliphatic carbocycles. The van der Waals surface area contributed by atoms with Gasteiger partial charge in [-0.25, -0.2) is 9.59 Å². The van der Waals surface area contributed by atoms with Gasteiger partial charge in [-0.05, 0) is 38.0 Å². The molecule has 0 spiro atoms. The minimum absolute atomic E-state index is 0.186. The summed E-state index contributed by atoms with van der Waals surface area (Å²) in [6.07, 6.45) is 1.47. The van der Waals surface area contributed by atoms with Crippen molar-refractivity contribution in [1.82, 2.24) is 4.57 Å². The van der Waals surface area contributed by atoms with Crippen molar-refractivity contribution < 1.29 is 28.5 Å². The number of methoxy groups -OCH3 is 1. The Morgan fingerprint density at radius 3 is 2.69 bits per heavy atom. The molecule has 1 aromatic carbocycles. The Labute approximate surface area is 150 Å². The van der Waals surface area contributed by atoms with Gasteiger partial charge in [0, 0.05) is 22.6 Å². The summed E-state index contributed by atoms with van der Waals surface area (Å²) in [4.78, 5) is 24.6. The van der Waals surface area contributed by atoms with Gasteiger partial charge in [-0.1, -0.05) is 0 Å². The summed E-state index contributed by atoms with van der Waals surface area (Å²) in [5.74, 6) is -0.517. The second-order valence-electron chi connectivity index (χ2n) is 6.59. The van der Waals surface area contributed by atoms with E-state index in [1.54, 1.807) is 12.1 Å². The lowest BCUT2D eigenvalue weighted by atomic mass is 10.1. The molecule has 0 amide bonds. The van der Waals surface area contributed by atoms with E-state index in [4.69, 9.17) is 18.9 Å². The average Bonchev–Trinajstić information content (AvgIpc) is 3.45. The quantitative estimate of drug-likeness (QED) is 0.616. The molecular weight excluding hydrogens is 338 g/mol. The summed E-state index contributed by atoms with van der Waals surface area (Å²) in [7, 11) is 1.37. The molecular formula is C19H21NO6. The molecule has 0 radical (unpaired) electrons. The zero-order valence-corrected chi connectivity index (χ0v) is 14.8. The van der Waals surface area contributed by atoms with Crippen LogP contribution in [-0.2, 0) is 19.0 Å². The molecule has 0 bridgehead atoms. The van der Waals surface area contributed by atoms with E-state index >= 15 is 0 Å². The Morgan fingerprint density at radius 1 is 1.23 bits per heavy atom. The van der Waals surface area contributed by atoms with E-state index in [0.29, 0.717) is 30.6 Å². The van der Waals surface area contributed by atoms with Crippen molar-refractivity contribution in [2.45, 2.75) is 31.9 Å². The third-order valence-corrected chi connectivity index (χ3v) is 4.82. The molecule has 1 saturated carbocycles. The van der Waals surface area contributed by atoms with Crippen molar-refractivity contribution in [3.05, 3.63) is 29.5 Å². The SMILES string of the molecule is COC(=O)c1c(C)n(C2CC2)c2ccc(OC(=O)[C@@H]3COCCO3)cc12. The number of hydrogen-bond donors (Lipinski definition) is 0. The minimum Gasteiger partial charge on any atom is -0.465 e. The summed E-state index contributed by atoms with van der Waals surface area (Å²) < 4.78 is 23.2. The first kappa shape index (κ1) is 17.1. The zero-order valence-electron chi connectivity index (χ0n) is 14.8. The van der Waals surface area contributed by atoms with E-state index in [0.717, 1.165) is 29.4 Å². The van der Waals surface area contributed by atoms with E-state index in [1.165, 1.54) is 7.11 Å².